The number of hydrogen-bond donors (Lipinski definition) is 6. The minimum absolute atomic E-state index is 0.00701. The number of aromatic nitrogens is 4. The van der Waals surface area contributed by atoms with Gasteiger partial charge in [0.1, 0.15) is 22.9 Å². The molecule has 0 spiro atoms. The maximum atomic E-state index is 13.3. The first-order chi connectivity index (χ1) is 53.0. The monoisotopic (exact) mass is 1480 g/mol. The van der Waals surface area contributed by atoms with E-state index in [1.165, 1.54) is 6.42 Å². The molecular weight excluding hydrogens is 1390 g/mol. The molecule has 4 aromatic heterocycles. The maximum Gasteiger partial charge on any atom is 0.272 e. The lowest BCUT2D eigenvalue weighted by molar-refractivity contribution is -0.117. The van der Waals surface area contributed by atoms with Crippen molar-refractivity contribution in [1.29, 1.82) is 0 Å². The molecule has 23 nitrogen and oxygen atoms in total. The summed E-state index contributed by atoms with van der Waals surface area (Å²) in [5.74, 6) is 0.567. The zero-order chi connectivity index (χ0) is 77.3. The lowest BCUT2D eigenvalue weighted by Gasteiger charge is -2.34. The molecule has 110 heavy (non-hydrogen) atoms. The number of ether oxygens (including phenoxy) is 2. The molecule has 4 aliphatic rings. The van der Waals surface area contributed by atoms with Gasteiger partial charge in [0.15, 0.2) is 11.6 Å². The zero-order valence-electron chi connectivity index (χ0n) is 63.0. The van der Waals surface area contributed by atoms with Gasteiger partial charge in [0.05, 0.1) is 53.3 Å². The normalized spacial score (nSPS) is 15.0. The lowest BCUT2D eigenvalue weighted by Crippen LogP contribution is -2.43. The van der Waals surface area contributed by atoms with Crippen LogP contribution in [0.4, 0.5) is 39.8 Å². The number of fused-ring (bicyclic) bond motifs is 4. The largest absolute Gasteiger partial charge is 0.493 e. The van der Waals surface area contributed by atoms with E-state index in [0.717, 1.165) is 119 Å². The standard InChI is InChI=1S/C44H48N6O5.C43H45N7O5/c1-28-21-37-31(13-18-36-7-4-5-19-50(36)44(37)54)24-41(28)55-20-6-8-42(52)46-35-25-39(49(3)27-35)43(53)47-34-16-11-30(12-17-34)32-23-38(48(2)26-32)40(51)22-29-9-14-33(45)15-10-29;1-27-19-35-36(45-24-34-7-4-5-17-50(34)43(35)54)23-40(27)55-18-6-8-41(52)46-33-22-38(49(3)26-33)42(53)47-32-15-11-29(12-16-32)30-21-37(48(2)25-30)39(51)20-28-9-13-31(44)14-10-28/h9-12,14-17,21,23-27,36H,4-8,13,18-20,22,45H2,1-3H3,(H,46,52)(H,47,53);9-16,19,21-26,34H,4-8,17-18,20,44H2,1-3H3,(H,46,52)(H,47,53)/t36-;34-/m00/s1. The summed E-state index contributed by atoms with van der Waals surface area (Å²) in [5, 5.41) is 11.6. The molecule has 2 fully saturated rings. The summed E-state index contributed by atoms with van der Waals surface area (Å²) >= 11 is 0. The van der Waals surface area contributed by atoms with Crippen LogP contribution in [0.3, 0.4) is 0 Å². The van der Waals surface area contributed by atoms with Crippen LogP contribution in [0.25, 0.3) is 22.3 Å². The number of Topliss-reactive ketones (excluding diaryl/α,β-unsaturated/α-hetero) is 2. The third-order valence-corrected chi connectivity index (χ3v) is 20.9. The van der Waals surface area contributed by atoms with E-state index in [1.54, 1.807) is 72.0 Å². The van der Waals surface area contributed by atoms with Crippen molar-refractivity contribution in [3.63, 3.8) is 0 Å². The van der Waals surface area contributed by atoms with E-state index in [9.17, 15) is 38.4 Å². The third kappa shape index (κ3) is 18.0. The lowest BCUT2D eigenvalue weighted by atomic mass is 9.97. The van der Waals surface area contributed by atoms with Crippen molar-refractivity contribution in [3.05, 3.63) is 232 Å². The van der Waals surface area contributed by atoms with Crippen LogP contribution in [-0.4, -0.2) is 120 Å². The molecule has 23 heteroatoms. The number of amides is 6. The molecule has 0 bridgehead atoms. The molecule has 0 radical (unpaired) electrons. The van der Waals surface area contributed by atoms with Crippen LogP contribution in [0.5, 0.6) is 11.5 Å². The molecule has 6 amide bonds. The number of piperidine rings is 2. The van der Waals surface area contributed by atoms with Crippen LogP contribution in [0.15, 0.2) is 175 Å². The molecule has 2 saturated heterocycles. The van der Waals surface area contributed by atoms with E-state index in [2.05, 4.69) is 31.2 Å². The number of carbonyl (C=O) groups excluding carboxylic acids is 8. The summed E-state index contributed by atoms with van der Waals surface area (Å²) < 4.78 is 19.1. The number of anilines is 6. The Labute approximate surface area is 639 Å². The molecule has 8 N–H and O–H groups in total. The Kier molecular flexibility index (Phi) is 23.2. The molecule has 10 aromatic rings. The van der Waals surface area contributed by atoms with Gasteiger partial charge in [0.2, 0.25) is 11.8 Å². The molecule has 2 atom stereocenters. The first-order valence-corrected chi connectivity index (χ1v) is 37.6. The van der Waals surface area contributed by atoms with E-state index in [4.69, 9.17) is 20.9 Å². The molecule has 0 unspecified atom stereocenters. The smallest absolute Gasteiger partial charge is 0.272 e. The van der Waals surface area contributed by atoms with Gasteiger partial charge in [-0.05, 0) is 208 Å². The van der Waals surface area contributed by atoms with E-state index in [-0.39, 0.29) is 78.7 Å². The predicted octanol–water partition coefficient (Wildman–Crippen LogP) is 14.4. The van der Waals surface area contributed by atoms with Gasteiger partial charge in [0, 0.05) is 150 Å². The van der Waals surface area contributed by atoms with Crippen molar-refractivity contribution in [3.8, 4) is 33.8 Å². The maximum absolute atomic E-state index is 13.3. The summed E-state index contributed by atoms with van der Waals surface area (Å²) in [6.07, 6.45) is 19.3. The first kappa shape index (κ1) is 75.7. The summed E-state index contributed by atoms with van der Waals surface area (Å²) in [4.78, 5) is 113. The van der Waals surface area contributed by atoms with E-state index >= 15 is 0 Å². The second-order valence-electron chi connectivity index (χ2n) is 29.1. The predicted molar refractivity (Wildman–Crippen MR) is 429 cm³/mol. The molecule has 0 saturated carbocycles. The molecule has 4 aliphatic heterocycles. The van der Waals surface area contributed by atoms with Gasteiger partial charge in [-0.3, -0.25) is 43.3 Å². The number of hydrogen-bond acceptors (Lipinski definition) is 13. The Morgan fingerprint density at radius 3 is 1.43 bits per heavy atom. The quantitative estimate of drug-likeness (QED) is 0.0187. The highest BCUT2D eigenvalue weighted by Crippen LogP contribution is 2.36. The highest BCUT2D eigenvalue weighted by molar-refractivity contribution is 6.07. The highest BCUT2D eigenvalue weighted by atomic mass is 16.5. The number of nitrogens with two attached hydrogens (primary N) is 2. The fourth-order valence-electron chi connectivity index (χ4n) is 14.8. The molecule has 566 valence electrons. The Morgan fingerprint density at radius 2 is 0.918 bits per heavy atom. The summed E-state index contributed by atoms with van der Waals surface area (Å²) in [5.41, 5.74) is 27.3. The summed E-state index contributed by atoms with van der Waals surface area (Å²) in [6, 6.07) is 44.5. The second-order valence-corrected chi connectivity index (χ2v) is 29.1. The van der Waals surface area contributed by atoms with Gasteiger partial charge in [-0.25, -0.2) is 0 Å². The van der Waals surface area contributed by atoms with Gasteiger partial charge in [-0.1, -0.05) is 48.5 Å². The van der Waals surface area contributed by atoms with Crippen LogP contribution < -0.4 is 42.2 Å². The summed E-state index contributed by atoms with van der Waals surface area (Å²) in [6.45, 7) is 6.14. The number of nitrogen functional groups attached to an aromatic ring is 2. The topological polar surface area (TPSA) is 294 Å². The molecule has 8 heterocycles. The average Bonchev–Trinajstić information content (AvgIpc) is 1.63. The number of aliphatic imine (C=N–C) groups is 1. The van der Waals surface area contributed by atoms with E-state index < -0.39 is 0 Å². The van der Waals surface area contributed by atoms with Crippen molar-refractivity contribution in [1.82, 2.24) is 28.1 Å². The van der Waals surface area contributed by atoms with Crippen molar-refractivity contribution in [2.24, 2.45) is 33.2 Å². The molecule has 0 aliphatic carbocycles. The Balaban J connectivity index is 0.000000193. The number of benzene rings is 6. The minimum Gasteiger partial charge on any atom is -0.493 e. The number of nitrogens with zero attached hydrogens (tertiary/aromatic N) is 7. The molecule has 14 rings (SSSR count). The van der Waals surface area contributed by atoms with E-state index in [0.29, 0.717) is 106 Å². The molecule has 6 aromatic carbocycles. The number of rotatable bonds is 24. The number of ketones is 2. The van der Waals surface area contributed by atoms with Gasteiger partial charge in [0.25, 0.3) is 23.6 Å². The first-order valence-electron chi connectivity index (χ1n) is 37.6. The Hall–Kier alpha value is -12.5. The minimum atomic E-state index is -0.322. The number of carbonyl (C=O) groups is 8. The van der Waals surface area contributed by atoms with Gasteiger partial charge in [-0.15, -0.1) is 0 Å². The molecular formula is C87H93N13O10. The van der Waals surface area contributed by atoms with Crippen molar-refractivity contribution in [2.45, 2.75) is 116 Å². The summed E-state index contributed by atoms with van der Waals surface area (Å²) in [7, 11) is 7.20. The van der Waals surface area contributed by atoms with Gasteiger partial charge in [-0.2, -0.15) is 0 Å². The second kappa shape index (κ2) is 33.7. The SMILES string of the molecule is Cc1cc2c(cc1OCCCC(=O)Nc1cc(C(=O)Nc3ccc(-c4cc(C(=O)Cc5ccc(N)cc5)n(C)c4)cc3)n(C)c1)CC[C@@H]1CCCCN1C2=O.Cc1cc2c(cc1OCCCC(=O)Nc1cc(C(=O)Nc3ccc(-c4cc(C(=O)Cc5ccc(N)cc5)n(C)c4)cc3)n(C)c1)N=C[C@@H]1CCCCN1C2=O. The van der Waals surface area contributed by atoms with Crippen LogP contribution in [0, 0.1) is 13.8 Å². The van der Waals surface area contributed by atoms with Crippen molar-refractivity contribution in [2.75, 3.05) is 59.0 Å². The van der Waals surface area contributed by atoms with Crippen LogP contribution in [0.1, 0.15) is 161 Å². The third-order valence-electron chi connectivity index (χ3n) is 20.9. The Morgan fingerprint density at radius 1 is 0.464 bits per heavy atom. The van der Waals surface area contributed by atoms with Crippen molar-refractivity contribution >= 4 is 93.0 Å². The zero-order valence-corrected chi connectivity index (χ0v) is 63.0. The van der Waals surface area contributed by atoms with Gasteiger partial charge < -0.3 is 70.3 Å². The van der Waals surface area contributed by atoms with Crippen molar-refractivity contribution < 1.29 is 47.8 Å². The highest BCUT2D eigenvalue weighted by Gasteiger charge is 2.34. The average molecular weight is 1480 g/mol. The fourth-order valence-corrected chi connectivity index (χ4v) is 14.8. The van der Waals surface area contributed by atoms with Crippen LogP contribution >= 0.6 is 0 Å². The number of nitrogens with one attached hydrogen (secondary N) is 4. The van der Waals surface area contributed by atoms with Crippen LogP contribution in [-0.2, 0) is 57.0 Å². The fraction of sp³-hybridized carbons (Fsp3) is 0.299. The van der Waals surface area contributed by atoms with Crippen LogP contribution in [0.2, 0.25) is 0 Å². The van der Waals surface area contributed by atoms with E-state index in [1.807, 2.05) is 170 Å². The van der Waals surface area contributed by atoms with Gasteiger partial charge >= 0.3 is 0 Å². The number of aryl methyl sites for hydroxylation is 7. The Bertz CT molecular complexity index is 5160.